The molecule has 0 aromatic heterocycles. The summed E-state index contributed by atoms with van der Waals surface area (Å²) >= 11 is 1.91. The van der Waals surface area contributed by atoms with Crippen molar-refractivity contribution in [2.75, 3.05) is 25.6 Å². The second-order valence-electron chi connectivity index (χ2n) is 5.71. The molecular weight excluding hydrogens is 268 g/mol. The van der Waals surface area contributed by atoms with Crippen LogP contribution < -0.4 is 0 Å². The predicted octanol–water partition coefficient (Wildman–Crippen LogP) is 3.64. The highest BCUT2D eigenvalue weighted by molar-refractivity contribution is 7.99. The molecule has 0 aliphatic carbocycles. The average molecular weight is 288 g/mol. The summed E-state index contributed by atoms with van der Waals surface area (Å²) in [5, 5.41) is 12.5. The molecule has 0 spiro atoms. The minimum absolute atomic E-state index is 0.00419. The molecular formula is C17H20O2S. The monoisotopic (exact) mass is 288 g/mol. The maximum atomic E-state index is 9.47. The summed E-state index contributed by atoms with van der Waals surface area (Å²) in [6.45, 7) is 3.85. The summed E-state index contributed by atoms with van der Waals surface area (Å²) in [5.74, 6) is 0.956. The molecule has 1 atom stereocenters. The molecule has 106 valence electrons. The van der Waals surface area contributed by atoms with E-state index in [2.05, 4.69) is 49.4 Å². The van der Waals surface area contributed by atoms with Crippen LogP contribution in [0.5, 0.6) is 0 Å². The minimum atomic E-state index is -0.00419. The Labute approximate surface area is 124 Å². The molecule has 20 heavy (non-hydrogen) atoms. The van der Waals surface area contributed by atoms with Gasteiger partial charge in [-0.25, -0.2) is 0 Å². The summed E-state index contributed by atoms with van der Waals surface area (Å²) in [6, 6.07) is 15.1. The van der Waals surface area contributed by atoms with Gasteiger partial charge in [0.15, 0.2) is 0 Å². The fourth-order valence-electron chi connectivity index (χ4n) is 2.47. The summed E-state index contributed by atoms with van der Waals surface area (Å²) in [6.07, 6.45) is 0. The quantitative estimate of drug-likeness (QED) is 0.911. The topological polar surface area (TPSA) is 29.5 Å². The van der Waals surface area contributed by atoms with Gasteiger partial charge in [-0.3, -0.25) is 0 Å². The number of ether oxygens (including phenoxy) is 1. The second-order valence-corrected chi connectivity index (χ2v) is 7.04. The van der Waals surface area contributed by atoms with Crippen LogP contribution in [0, 0.1) is 5.41 Å². The zero-order chi connectivity index (χ0) is 14.0. The zero-order valence-corrected chi connectivity index (χ0v) is 12.5. The number of benzene rings is 2. The maximum absolute atomic E-state index is 9.47. The lowest BCUT2D eigenvalue weighted by atomic mass is 9.90. The standard InChI is InChI=1S/C17H20O2S/c1-13(20-12-17(9-18)10-19-11-17)15-7-6-14-4-2-3-5-16(14)8-15/h2-8,13,18H,9-12H2,1H3. The normalized spacial score (nSPS) is 18.7. The molecule has 0 radical (unpaired) electrons. The van der Waals surface area contributed by atoms with Crippen molar-refractivity contribution in [3.63, 3.8) is 0 Å². The van der Waals surface area contributed by atoms with Gasteiger partial charge in [-0.15, -0.1) is 0 Å². The molecule has 1 fully saturated rings. The molecule has 1 aliphatic heterocycles. The van der Waals surface area contributed by atoms with E-state index < -0.39 is 0 Å². The van der Waals surface area contributed by atoms with Crippen molar-refractivity contribution in [3.05, 3.63) is 48.0 Å². The van der Waals surface area contributed by atoms with Crippen molar-refractivity contribution < 1.29 is 9.84 Å². The van der Waals surface area contributed by atoms with E-state index in [1.54, 1.807) is 0 Å². The highest BCUT2D eigenvalue weighted by Gasteiger charge is 2.38. The number of hydrogen-bond donors (Lipinski definition) is 1. The van der Waals surface area contributed by atoms with Gasteiger partial charge in [-0.1, -0.05) is 42.5 Å². The van der Waals surface area contributed by atoms with Crippen molar-refractivity contribution in [3.8, 4) is 0 Å². The molecule has 3 heteroatoms. The first-order valence-corrected chi connectivity index (χ1v) is 8.06. The third-order valence-electron chi connectivity index (χ3n) is 4.03. The fraction of sp³-hybridized carbons (Fsp3) is 0.412. The molecule has 0 saturated carbocycles. The lowest BCUT2D eigenvalue weighted by Gasteiger charge is -2.40. The molecule has 3 rings (SSSR count). The van der Waals surface area contributed by atoms with Crippen molar-refractivity contribution in [2.45, 2.75) is 12.2 Å². The van der Waals surface area contributed by atoms with Gasteiger partial charge >= 0.3 is 0 Å². The Balaban J connectivity index is 1.70. The Morgan fingerprint density at radius 3 is 2.60 bits per heavy atom. The van der Waals surface area contributed by atoms with Gasteiger partial charge in [-0.2, -0.15) is 11.8 Å². The van der Waals surface area contributed by atoms with E-state index in [4.69, 9.17) is 4.74 Å². The molecule has 1 saturated heterocycles. The minimum Gasteiger partial charge on any atom is -0.396 e. The molecule has 1 heterocycles. The Bertz CT molecular complexity index is 587. The van der Waals surface area contributed by atoms with Crippen LogP contribution in [0.4, 0.5) is 0 Å². The van der Waals surface area contributed by atoms with E-state index in [9.17, 15) is 5.11 Å². The van der Waals surface area contributed by atoms with Gasteiger partial charge in [0.1, 0.15) is 0 Å². The van der Waals surface area contributed by atoms with Crippen LogP contribution in [0.3, 0.4) is 0 Å². The lowest BCUT2D eigenvalue weighted by Crippen LogP contribution is -2.47. The largest absolute Gasteiger partial charge is 0.396 e. The number of rotatable bonds is 5. The summed E-state index contributed by atoms with van der Waals surface area (Å²) in [4.78, 5) is 0. The first-order chi connectivity index (χ1) is 9.72. The van der Waals surface area contributed by atoms with Gasteiger partial charge in [0.2, 0.25) is 0 Å². The second kappa shape index (κ2) is 5.76. The molecule has 0 bridgehead atoms. The third kappa shape index (κ3) is 2.71. The Kier molecular flexibility index (Phi) is 4.01. The van der Waals surface area contributed by atoms with Crippen LogP contribution in [0.1, 0.15) is 17.7 Å². The molecule has 1 N–H and O–H groups in total. The summed E-state index contributed by atoms with van der Waals surface area (Å²) in [7, 11) is 0. The zero-order valence-electron chi connectivity index (χ0n) is 11.7. The van der Waals surface area contributed by atoms with Gasteiger partial charge < -0.3 is 9.84 Å². The molecule has 0 amide bonds. The van der Waals surface area contributed by atoms with Crippen LogP contribution in [-0.4, -0.2) is 30.7 Å². The predicted molar refractivity (Wildman–Crippen MR) is 85.2 cm³/mol. The van der Waals surface area contributed by atoms with E-state index in [0.717, 1.165) is 5.75 Å². The van der Waals surface area contributed by atoms with Crippen LogP contribution in [0.15, 0.2) is 42.5 Å². The van der Waals surface area contributed by atoms with Crippen LogP contribution in [0.25, 0.3) is 10.8 Å². The van der Waals surface area contributed by atoms with E-state index in [-0.39, 0.29) is 12.0 Å². The molecule has 1 aliphatic rings. The highest BCUT2D eigenvalue weighted by atomic mass is 32.2. The lowest BCUT2D eigenvalue weighted by molar-refractivity contribution is -0.121. The van der Waals surface area contributed by atoms with Crippen molar-refractivity contribution >= 4 is 22.5 Å². The fourth-order valence-corrected chi connectivity index (χ4v) is 3.67. The number of thioether (sulfide) groups is 1. The first kappa shape index (κ1) is 13.9. The van der Waals surface area contributed by atoms with Gasteiger partial charge in [0.05, 0.1) is 19.8 Å². The molecule has 2 nitrogen and oxygen atoms in total. The van der Waals surface area contributed by atoms with Gasteiger partial charge in [0, 0.05) is 16.4 Å². The Morgan fingerprint density at radius 2 is 1.95 bits per heavy atom. The van der Waals surface area contributed by atoms with Crippen molar-refractivity contribution in [2.24, 2.45) is 5.41 Å². The Hall–Kier alpha value is -1.03. The van der Waals surface area contributed by atoms with Crippen molar-refractivity contribution in [1.29, 1.82) is 0 Å². The number of aliphatic hydroxyl groups is 1. The van der Waals surface area contributed by atoms with E-state index in [1.165, 1.54) is 16.3 Å². The average Bonchev–Trinajstić information content (AvgIpc) is 2.46. The summed E-state index contributed by atoms with van der Waals surface area (Å²) < 4.78 is 5.25. The smallest absolute Gasteiger partial charge is 0.0575 e. The number of hydrogen-bond acceptors (Lipinski definition) is 3. The van der Waals surface area contributed by atoms with Crippen LogP contribution >= 0.6 is 11.8 Å². The number of aliphatic hydroxyl groups excluding tert-OH is 1. The SMILES string of the molecule is CC(SCC1(CO)COC1)c1ccc2ccccc2c1. The number of fused-ring (bicyclic) bond motifs is 1. The molecule has 2 aromatic carbocycles. The maximum Gasteiger partial charge on any atom is 0.0575 e. The molecule has 1 unspecified atom stereocenters. The van der Waals surface area contributed by atoms with Gasteiger partial charge in [-0.05, 0) is 23.3 Å². The summed E-state index contributed by atoms with van der Waals surface area (Å²) in [5.41, 5.74) is 1.34. The van der Waals surface area contributed by atoms with E-state index in [0.29, 0.717) is 18.5 Å². The van der Waals surface area contributed by atoms with Crippen molar-refractivity contribution in [1.82, 2.24) is 0 Å². The van der Waals surface area contributed by atoms with Gasteiger partial charge in [0.25, 0.3) is 0 Å². The third-order valence-corrected chi connectivity index (χ3v) is 5.59. The Morgan fingerprint density at radius 1 is 1.20 bits per heavy atom. The van der Waals surface area contributed by atoms with Crippen LogP contribution in [-0.2, 0) is 4.74 Å². The molecule has 2 aromatic rings. The van der Waals surface area contributed by atoms with E-state index in [1.807, 2.05) is 11.8 Å². The highest BCUT2D eigenvalue weighted by Crippen LogP contribution is 2.38. The van der Waals surface area contributed by atoms with E-state index >= 15 is 0 Å². The van der Waals surface area contributed by atoms with Crippen LogP contribution in [0.2, 0.25) is 0 Å². The first-order valence-electron chi connectivity index (χ1n) is 7.01.